The minimum Gasteiger partial charge on any atom is -0.463 e. The maximum Gasteiger partial charge on any atom is 0.237 e. The number of carbonyl (C=O) groups is 1. The molecule has 4 aromatic rings. The summed E-state index contributed by atoms with van der Waals surface area (Å²) < 4.78 is 24.1. The molecule has 6 nitrogen and oxygen atoms in total. The van der Waals surface area contributed by atoms with Crippen molar-refractivity contribution >= 4 is 23.4 Å². The predicted octanol–water partition coefficient (Wildman–Crippen LogP) is 5.58. The Morgan fingerprint density at radius 2 is 1.83 bits per heavy atom. The van der Waals surface area contributed by atoms with E-state index in [4.69, 9.17) is 8.83 Å². The van der Waals surface area contributed by atoms with E-state index in [2.05, 4.69) is 15.3 Å². The molecule has 0 saturated carbocycles. The van der Waals surface area contributed by atoms with E-state index < -0.39 is 0 Å². The number of nitrogens with one attached hydrogen (secondary N) is 2. The molecule has 3 heterocycles. The number of furan rings is 2. The van der Waals surface area contributed by atoms with Gasteiger partial charge in [0.15, 0.2) is 16.7 Å². The van der Waals surface area contributed by atoms with Crippen molar-refractivity contribution in [3.05, 3.63) is 66.9 Å². The Labute approximate surface area is 170 Å². The molecule has 1 amide bonds. The summed E-state index contributed by atoms with van der Waals surface area (Å²) in [6, 6.07) is 12.9. The average Bonchev–Trinajstić information content (AvgIpc) is 3.47. The second kappa shape index (κ2) is 8.40. The van der Waals surface area contributed by atoms with Gasteiger partial charge in [-0.1, -0.05) is 18.7 Å². The van der Waals surface area contributed by atoms with E-state index in [0.29, 0.717) is 40.2 Å². The van der Waals surface area contributed by atoms with E-state index in [0.717, 1.165) is 0 Å². The standard InChI is InChI=1S/C21H18FN3O3S/c1-2-17(20(26)23-14-9-7-13(22)8-10-14)29-21-24-18(15-5-3-11-27-15)19(25-21)16-6-4-12-28-16/h3-12,17H,2H2,1H3,(H,23,26)(H,24,25). The summed E-state index contributed by atoms with van der Waals surface area (Å²) in [7, 11) is 0. The second-order valence-electron chi connectivity index (χ2n) is 6.23. The number of halogens is 1. The number of imidazole rings is 1. The molecule has 8 heteroatoms. The van der Waals surface area contributed by atoms with Crippen LogP contribution in [-0.4, -0.2) is 21.1 Å². The summed E-state index contributed by atoms with van der Waals surface area (Å²) in [4.78, 5) is 20.5. The molecular formula is C21H18FN3O3S. The number of hydrogen-bond acceptors (Lipinski definition) is 5. The van der Waals surface area contributed by atoms with E-state index in [9.17, 15) is 9.18 Å². The van der Waals surface area contributed by atoms with Crippen molar-refractivity contribution in [3.63, 3.8) is 0 Å². The van der Waals surface area contributed by atoms with Crippen LogP contribution in [0.15, 0.2) is 75.0 Å². The first kappa shape index (κ1) is 19.1. The molecule has 0 radical (unpaired) electrons. The van der Waals surface area contributed by atoms with Crippen LogP contribution in [0.2, 0.25) is 0 Å². The van der Waals surface area contributed by atoms with Crippen molar-refractivity contribution < 1.29 is 18.0 Å². The highest BCUT2D eigenvalue weighted by molar-refractivity contribution is 8.00. The van der Waals surface area contributed by atoms with Crippen molar-refractivity contribution in [1.82, 2.24) is 9.97 Å². The summed E-state index contributed by atoms with van der Waals surface area (Å²) in [6.45, 7) is 1.92. The van der Waals surface area contributed by atoms with Gasteiger partial charge in [0.05, 0.1) is 17.8 Å². The van der Waals surface area contributed by atoms with Gasteiger partial charge in [0.25, 0.3) is 0 Å². The highest BCUT2D eigenvalue weighted by atomic mass is 32.2. The van der Waals surface area contributed by atoms with Gasteiger partial charge in [-0.25, -0.2) is 9.37 Å². The molecule has 0 bridgehead atoms. The number of amides is 1. The van der Waals surface area contributed by atoms with Gasteiger partial charge in [-0.2, -0.15) is 0 Å². The number of thioether (sulfide) groups is 1. The molecule has 4 rings (SSSR count). The Morgan fingerprint density at radius 3 is 2.45 bits per heavy atom. The van der Waals surface area contributed by atoms with E-state index in [1.165, 1.54) is 36.0 Å². The summed E-state index contributed by atoms with van der Waals surface area (Å²) in [6.07, 6.45) is 3.75. The van der Waals surface area contributed by atoms with Gasteiger partial charge in [-0.05, 0) is 55.0 Å². The van der Waals surface area contributed by atoms with Gasteiger partial charge in [-0.3, -0.25) is 4.79 Å². The van der Waals surface area contributed by atoms with E-state index >= 15 is 0 Å². The number of nitrogens with zero attached hydrogens (tertiary/aromatic N) is 1. The lowest BCUT2D eigenvalue weighted by Gasteiger charge is -2.13. The van der Waals surface area contributed by atoms with Crippen molar-refractivity contribution in [1.29, 1.82) is 0 Å². The van der Waals surface area contributed by atoms with Gasteiger partial charge in [0.2, 0.25) is 5.91 Å². The molecular weight excluding hydrogens is 393 g/mol. The molecule has 29 heavy (non-hydrogen) atoms. The molecule has 0 aliphatic heterocycles. The third kappa shape index (κ3) is 4.27. The summed E-state index contributed by atoms with van der Waals surface area (Å²) >= 11 is 1.31. The highest BCUT2D eigenvalue weighted by Crippen LogP contribution is 2.35. The van der Waals surface area contributed by atoms with Crippen LogP contribution in [0.5, 0.6) is 0 Å². The smallest absolute Gasteiger partial charge is 0.237 e. The fourth-order valence-electron chi connectivity index (χ4n) is 2.81. The molecule has 0 aliphatic carbocycles. The van der Waals surface area contributed by atoms with Crippen LogP contribution in [0.1, 0.15) is 13.3 Å². The van der Waals surface area contributed by atoms with Crippen molar-refractivity contribution in [3.8, 4) is 22.9 Å². The zero-order valence-electron chi connectivity index (χ0n) is 15.5. The van der Waals surface area contributed by atoms with Gasteiger partial charge < -0.3 is 19.1 Å². The van der Waals surface area contributed by atoms with E-state index in [1.807, 2.05) is 19.1 Å². The Morgan fingerprint density at radius 1 is 1.14 bits per heavy atom. The van der Waals surface area contributed by atoms with Crippen molar-refractivity contribution in [2.45, 2.75) is 23.8 Å². The zero-order valence-corrected chi connectivity index (χ0v) is 16.3. The van der Waals surface area contributed by atoms with Gasteiger partial charge in [-0.15, -0.1) is 0 Å². The molecule has 0 saturated heterocycles. The third-order valence-electron chi connectivity index (χ3n) is 4.23. The zero-order chi connectivity index (χ0) is 20.2. The number of aromatic nitrogens is 2. The number of aromatic amines is 1. The summed E-state index contributed by atoms with van der Waals surface area (Å²) in [5.41, 5.74) is 1.84. The molecule has 148 valence electrons. The van der Waals surface area contributed by atoms with Crippen molar-refractivity contribution in [2.24, 2.45) is 0 Å². The average molecular weight is 411 g/mol. The first-order chi connectivity index (χ1) is 14.1. The quantitative estimate of drug-likeness (QED) is 0.388. The monoisotopic (exact) mass is 411 g/mol. The first-order valence-corrected chi connectivity index (χ1v) is 9.93. The fourth-order valence-corrected chi connectivity index (χ4v) is 3.72. The van der Waals surface area contributed by atoms with Crippen LogP contribution in [-0.2, 0) is 4.79 Å². The van der Waals surface area contributed by atoms with Crippen LogP contribution in [0, 0.1) is 5.82 Å². The normalized spacial score (nSPS) is 12.1. The molecule has 1 unspecified atom stereocenters. The fraction of sp³-hybridized carbons (Fsp3) is 0.143. The van der Waals surface area contributed by atoms with Crippen LogP contribution in [0.3, 0.4) is 0 Å². The minimum atomic E-state index is -0.389. The Kier molecular flexibility index (Phi) is 5.53. The van der Waals surface area contributed by atoms with Crippen LogP contribution in [0.25, 0.3) is 22.9 Å². The molecule has 3 aromatic heterocycles. The highest BCUT2D eigenvalue weighted by Gasteiger charge is 2.23. The van der Waals surface area contributed by atoms with Gasteiger partial charge in [0, 0.05) is 5.69 Å². The molecule has 0 aliphatic rings. The number of benzene rings is 1. The summed E-state index contributed by atoms with van der Waals surface area (Å²) in [5, 5.41) is 3.00. The van der Waals surface area contributed by atoms with Crippen LogP contribution >= 0.6 is 11.8 Å². The second-order valence-corrected chi connectivity index (χ2v) is 7.42. The number of H-pyrrole nitrogens is 1. The van der Waals surface area contributed by atoms with Crippen molar-refractivity contribution in [2.75, 3.05) is 5.32 Å². The maximum atomic E-state index is 13.1. The SMILES string of the molecule is CCC(Sc1nc(-c2ccco2)c(-c2ccco2)[nH]1)C(=O)Nc1ccc(F)cc1. The molecule has 1 aromatic carbocycles. The Hall–Kier alpha value is -3.26. The predicted molar refractivity (Wildman–Crippen MR) is 109 cm³/mol. The Bertz CT molecular complexity index is 1020. The lowest BCUT2D eigenvalue weighted by atomic mass is 10.2. The minimum absolute atomic E-state index is 0.181. The maximum absolute atomic E-state index is 13.1. The van der Waals surface area contributed by atoms with E-state index in [1.54, 1.807) is 24.7 Å². The topological polar surface area (TPSA) is 84.1 Å². The molecule has 2 N–H and O–H groups in total. The number of rotatable bonds is 7. The van der Waals surface area contributed by atoms with Crippen LogP contribution in [0.4, 0.5) is 10.1 Å². The van der Waals surface area contributed by atoms with Gasteiger partial charge in [0.1, 0.15) is 17.2 Å². The lowest BCUT2D eigenvalue weighted by molar-refractivity contribution is -0.115. The molecule has 0 spiro atoms. The van der Waals surface area contributed by atoms with Gasteiger partial charge >= 0.3 is 0 Å². The number of anilines is 1. The van der Waals surface area contributed by atoms with E-state index in [-0.39, 0.29) is 17.0 Å². The molecule has 1 atom stereocenters. The summed E-state index contributed by atoms with van der Waals surface area (Å²) in [5.74, 6) is 0.693. The Balaban J connectivity index is 1.56. The first-order valence-electron chi connectivity index (χ1n) is 9.05. The number of carbonyl (C=O) groups excluding carboxylic acids is 1. The lowest BCUT2D eigenvalue weighted by Crippen LogP contribution is -2.24. The molecule has 0 fully saturated rings. The van der Waals surface area contributed by atoms with Crippen LogP contribution < -0.4 is 5.32 Å². The largest absolute Gasteiger partial charge is 0.463 e. The number of hydrogen-bond donors (Lipinski definition) is 2. The third-order valence-corrected chi connectivity index (χ3v) is 5.48.